The van der Waals surface area contributed by atoms with Gasteiger partial charge in [-0.25, -0.2) is 8.42 Å². The molecule has 0 aliphatic carbocycles. The standard InChI is InChI=1S/C2HF6NO2S.Na.H/c3-1(4,5)9-12(10,11)2(6,7)8;;/h9H;;. The Kier molecular flexibility index (Phi) is 5.32. The fourth-order valence-corrected chi connectivity index (χ4v) is 0.631. The normalized spacial score (nSPS) is 13.7. The van der Waals surface area contributed by atoms with E-state index in [9.17, 15) is 34.8 Å². The van der Waals surface area contributed by atoms with Crippen molar-refractivity contribution in [3.8, 4) is 0 Å². The molecular weight excluding hydrogens is 239 g/mol. The van der Waals surface area contributed by atoms with Crippen LogP contribution in [0.15, 0.2) is 0 Å². The summed E-state index contributed by atoms with van der Waals surface area (Å²) in [5.41, 5.74) is -5.96. The van der Waals surface area contributed by atoms with Gasteiger partial charge in [0.2, 0.25) is 0 Å². The first-order valence-electron chi connectivity index (χ1n) is 2.13. The minimum absolute atomic E-state index is 0. The first-order chi connectivity index (χ1) is 4.96. The van der Waals surface area contributed by atoms with Crippen LogP contribution >= 0.6 is 0 Å². The molecule has 0 aromatic rings. The average molecular weight is 241 g/mol. The molecule has 0 amide bonds. The molecule has 0 saturated heterocycles. The molecule has 0 aromatic heterocycles. The zero-order valence-electron chi connectivity index (χ0n) is 4.99. The summed E-state index contributed by atoms with van der Waals surface area (Å²) >= 11 is 0. The molecule has 0 atom stereocenters. The van der Waals surface area contributed by atoms with Crippen LogP contribution in [0.25, 0.3) is 0 Å². The van der Waals surface area contributed by atoms with Gasteiger partial charge in [0, 0.05) is 0 Å². The van der Waals surface area contributed by atoms with E-state index in [4.69, 9.17) is 0 Å². The molecule has 0 aromatic carbocycles. The number of hydrogen-bond acceptors (Lipinski definition) is 2. The first kappa shape index (κ1) is 15.9. The first-order valence-corrected chi connectivity index (χ1v) is 3.61. The summed E-state index contributed by atoms with van der Waals surface area (Å²) in [5.74, 6) is 0. The van der Waals surface area contributed by atoms with Crippen molar-refractivity contribution < 1.29 is 34.8 Å². The average Bonchev–Trinajstić information content (AvgIpc) is 1.52. The van der Waals surface area contributed by atoms with Crippen LogP contribution in [0.1, 0.15) is 0 Å². The number of rotatable bonds is 1. The molecule has 0 unspecified atom stereocenters. The van der Waals surface area contributed by atoms with Crippen LogP contribution in [0.4, 0.5) is 26.3 Å². The van der Waals surface area contributed by atoms with E-state index in [0.29, 0.717) is 0 Å². The van der Waals surface area contributed by atoms with Crippen LogP contribution in [0.3, 0.4) is 0 Å². The molecule has 0 saturated carbocycles. The molecular formula is C2H2F6NNaO2S. The molecule has 1 N–H and O–H groups in total. The van der Waals surface area contributed by atoms with E-state index in [-0.39, 0.29) is 29.6 Å². The molecule has 11 heteroatoms. The van der Waals surface area contributed by atoms with Gasteiger partial charge in [0.1, 0.15) is 0 Å². The third-order valence-electron chi connectivity index (χ3n) is 0.555. The van der Waals surface area contributed by atoms with E-state index in [2.05, 4.69) is 0 Å². The van der Waals surface area contributed by atoms with Crippen molar-refractivity contribution >= 4 is 39.6 Å². The molecule has 0 fully saturated rings. The topological polar surface area (TPSA) is 46.2 Å². The SMILES string of the molecule is O=S(=O)(NC(F)(F)F)C(F)(F)F.[NaH]. The van der Waals surface area contributed by atoms with Crippen molar-refractivity contribution in [2.75, 3.05) is 0 Å². The molecule has 0 radical (unpaired) electrons. The summed E-state index contributed by atoms with van der Waals surface area (Å²) in [5, 5.41) is 0. The fourth-order valence-electron chi connectivity index (χ4n) is 0.210. The predicted octanol–water partition coefficient (Wildman–Crippen LogP) is 0.297. The van der Waals surface area contributed by atoms with E-state index < -0.39 is 26.6 Å². The van der Waals surface area contributed by atoms with Crippen LogP contribution in [0.5, 0.6) is 0 Å². The maximum atomic E-state index is 11.2. The van der Waals surface area contributed by atoms with Gasteiger partial charge >= 0.3 is 51.4 Å². The monoisotopic (exact) mass is 241 g/mol. The van der Waals surface area contributed by atoms with Crippen molar-refractivity contribution in [1.82, 2.24) is 4.72 Å². The number of alkyl halides is 6. The molecule has 0 heterocycles. The number of halogens is 6. The van der Waals surface area contributed by atoms with Gasteiger partial charge in [0.05, 0.1) is 0 Å². The van der Waals surface area contributed by atoms with E-state index >= 15 is 0 Å². The Bertz CT molecular complexity index is 253. The summed E-state index contributed by atoms with van der Waals surface area (Å²) in [6.45, 7) is 0. The third kappa shape index (κ3) is 5.73. The van der Waals surface area contributed by atoms with Crippen molar-refractivity contribution in [2.24, 2.45) is 0 Å². The van der Waals surface area contributed by atoms with Gasteiger partial charge in [-0.2, -0.15) is 26.3 Å². The molecule has 13 heavy (non-hydrogen) atoms. The van der Waals surface area contributed by atoms with E-state index in [1.54, 1.807) is 0 Å². The second kappa shape index (κ2) is 4.34. The van der Waals surface area contributed by atoms with E-state index in [0.717, 1.165) is 0 Å². The predicted molar refractivity (Wildman–Crippen MR) is 31.3 cm³/mol. The van der Waals surface area contributed by atoms with Gasteiger partial charge in [-0.3, -0.25) is 0 Å². The van der Waals surface area contributed by atoms with Gasteiger partial charge < -0.3 is 0 Å². The van der Waals surface area contributed by atoms with Gasteiger partial charge in [-0.05, 0) is 0 Å². The number of sulfonamides is 1. The fraction of sp³-hybridized carbons (Fsp3) is 1.00. The molecule has 0 bridgehead atoms. The molecule has 76 valence electrons. The van der Waals surface area contributed by atoms with Crippen LogP contribution in [-0.2, 0) is 10.0 Å². The third-order valence-corrected chi connectivity index (χ3v) is 1.66. The summed E-state index contributed by atoms with van der Waals surface area (Å²) in [7, 11) is -6.33. The van der Waals surface area contributed by atoms with Crippen molar-refractivity contribution in [3.05, 3.63) is 0 Å². The van der Waals surface area contributed by atoms with E-state index in [1.165, 1.54) is 0 Å². The van der Waals surface area contributed by atoms with Crippen molar-refractivity contribution in [1.29, 1.82) is 0 Å². The number of hydrogen-bond donors (Lipinski definition) is 1. The Morgan fingerprint density at radius 3 is 1.31 bits per heavy atom. The van der Waals surface area contributed by atoms with Crippen LogP contribution in [-0.4, -0.2) is 49.8 Å². The van der Waals surface area contributed by atoms with Gasteiger partial charge in [0.15, 0.2) is 0 Å². The molecule has 0 rings (SSSR count). The number of nitrogens with one attached hydrogen (secondary N) is 1. The van der Waals surface area contributed by atoms with Crippen molar-refractivity contribution in [2.45, 2.75) is 11.8 Å². The quantitative estimate of drug-likeness (QED) is 0.407. The molecule has 3 nitrogen and oxygen atoms in total. The Hall–Kier alpha value is 0.490. The van der Waals surface area contributed by atoms with E-state index in [1.807, 2.05) is 0 Å². The summed E-state index contributed by atoms with van der Waals surface area (Å²) in [6, 6.07) is 0. The second-order valence-electron chi connectivity index (χ2n) is 1.55. The Balaban J connectivity index is 0. The zero-order valence-corrected chi connectivity index (χ0v) is 5.81. The van der Waals surface area contributed by atoms with Gasteiger partial charge in [-0.1, -0.05) is 0 Å². The molecule has 0 spiro atoms. The second-order valence-corrected chi connectivity index (χ2v) is 3.22. The van der Waals surface area contributed by atoms with Crippen LogP contribution < -0.4 is 4.72 Å². The minimum atomic E-state index is -6.33. The Morgan fingerprint density at radius 2 is 1.23 bits per heavy atom. The van der Waals surface area contributed by atoms with Crippen LogP contribution in [0.2, 0.25) is 0 Å². The summed E-state index contributed by atoms with van der Waals surface area (Å²) in [4.78, 5) is 0. The van der Waals surface area contributed by atoms with Gasteiger partial charge in [0.25, 0.3) is 0 Å². The summed E-state index contributed by atoms with van der Waals surface area (Å²) < 4.78 is 85.8. The Morgan fingerprint density at radius 1 is 0.923 bits per heavy atom. The molecule has 0 aliphatic heterocycles. The molecule has 0 aliphatic rings. The van der Waals surface area contributed by atoms with Crippen molar-refractivity contribution in [3.63, 3.8) is 0 Å². The summed E-state index contributed by atoms with van der Waals surface area (Å²) in [6.07, 6.45) is -5.62. The zero-order chi connectivity index (χ0) is 10.2. The van der Waals surface area contributed by atoms with Gasteiger partial charge in [-0.15, -0.1) is 4.72 Å². The van der Waals surface area contributed by atoms with Crippen LogP contribution in [0, 0.1) is 0 Å². The Labute approximate surface area is 90.8 Å². The maximum absolute atomic E-state index is 11.2.